The Kier molecular flexibility index (Phi) is 5.09. The van der Waals surface area contributed by atoms with E-state index in [9.17, 15) is 0 Å². The maximum atomic E-state index is 6.30. The third-order valence-electron chi connectivity index (χ3n) is 3.13. The summed E-state index contributed by atoms with van der Waals surface area (Å²) in [5.74, 6) is 1.54. The molecule has 0 heterocycles. The molecule has 2 atom stereocenters. The minimum Gasteiger partial charge on any atom is -0.493 e. The van der Waals surface area contributed by atoms with Gasteiger partial charge >= 0.3 is 0 Å². The first-order chi connectivity index (χ1) is 8.06. The number of hydrogen-bond donors (Lipinski definition) is 1. The SMILES string of the molecule is CCC(C)[C@@H](N)c1ccc(OC)c(OC)c1Cl. The lowest BCUT2D eigenvalue weighted by atomic mass is 9.93. The highest BCUT2D eigenvalue weighted by Gasteiger charge is 2.20. The lowest BCUT2D eigenvalue weighted by Gasteiger charge is -2.21. The van der Waals surface area contributed by atoms with Gasteiger partial charge in [-0.25, -0.2) is 0 Å². The van der Waals surface area contributed by atoms with Crippen molar-refractivity contribution < 1.29 is 9.47 Å². The molecule has 1 aromatic carbocycles. The first-order valence-corrected chi connectivity index (χ1v) is 6.10. The predicted molar refractivity (Wildman–Crippen MR) is 70.9 cm³/mol. The fourth-order valence-electron chi connectivity index (χ4n) is 1.72. The molecule has 2 N–H and O–H groups in total. The Bertz CT molecular complexity index is 382. The molecule has 96 valence electrons. The maximum absolute atomic E-state index is 6.30. The molecule has 3 nitrogen and oxygen atoms in total. The summed E-state index contributed by atoms with van der Waals surface area (Å²) in [6, 6.07) is 3.65. The summed E-state index contributed by atoms with van der Waals surface area (Å²) in [6.07, 6.45) is 1.01. The lowest BCUT2D eigenvalue weighted by Crippen LogP contribution is -2.19. The zero-order valence-corrected chi connectivity index (χ0v) is 11.5. The Balaban J connectivity index is 3.18. The fraction of sp³-hybridized carbons (Fsp3) is 0.538. The maximum Gasteiger partial charge on any atom is 0.179 e. The first-order valence-electron chi connectivity index (χ1n) is 5.72. The van der Waals surface area contributed by atoms with E-state index in [1.54, 1.807) is 14.2 Å². The average molecular weight is 258 g/mol. The normalized spacial score (nSPS) is 14.2. The first kappa shape index (κ1) is 14.1. The third kappa shape index (κ3) is 2.85. The molecule has 0 aromatic heterocycles. The van der Waals surface area contributed by atoms with Crippen LogP contribution in [0.3, 0.4) is 0 Å². The Hall–Kier alpha value is -0.930. The fourth-order valence-corrected chi connectivity index (χ4v) is 2.08. The third-order valence-corrected chi connectivity index (χ3v) is 3.52. The molecule has 1 unspecified atom stereocenters. The van der Waals surface area contributed by atoms with E-state index in [-0.39, 0.29) is 6.04 Å². The number of benzene rings is 1. The van der Waals surface area contributed by atoms with Gasteiger partial charge in [-0.3, -0.25) is 0 Å². The van der Waals surface area contributed by atoms with E-state index in [1.807, 2.05) is 12.1 Å². The van der Waals surface area contributed by atoms with E-state index in [0.29, 0.717) is 22.4 Å². The van der Waals surface area contributed by atoms with Gasteiger partial charge < -0.3 is 15.2 Å². The quantitative estimate of drug-likeness (QED) is 0.879. The van der Waals surface area contributed by atoms with Crippen LogP contribution in [-0.2, 0) is 0 Å². The molecule has 0 radical (unpaired) electrons. The minimum atomic E-state index is -0.0905. The van der Waals surface area contributed by atoms with Gasteiger partial charge in [-0.1, -0.05) is 37.9 Å². The number of halogens is 1. The number of ether oxygens (including phenoxy) is 2. The van der Waals surface area contributed by atoms with Crippen molar-refractivity contribution in [2.24, 2.45) is 11.7 Å². The van der Waals surface area contributed by atoms with Crippen molar-refractivity contribution in [1.29, 1.82) is 0 Å². The molecule has 1 rings (SSSR count). The van der Waals surface area contributed by atoms with Crippen molar-refractivity contribution in [3.8, 4) is 11.5 Å². The zero-order chi connectivity index (χ0) is 13.0. The standard InChI is InChI=1S/C13H20ClNO2/c1-5-8(2)12(15)9-6-7-10(16-3)13(17-4)11(9)14/h6-8,12H,5,15H2,1-4H3/t8?,12-/m1/s1. The summed E-state index contributed by atoms with van der Waals surface area (Å²) in [6.45, 7) is 4.22. The summed E-state index contributed by atoms with van der Waals surface area (Å²) in [4.78, 5) is 0. The summed E-state index contributed by atoms with van der Waals surface area (Å²) in [7, 11) is 3.16. The van der Waals surface area contributed by atoms with Crippen LogP contribution in [-0.4, -0.2) is 14.2 Å². The van der Waals surface area contributed by atoms with Gasteiger partial charge in [-0.2, -0.15) is 0 Å². The zero-order valence-electron chi connectivity index (χ0n) is 10.8. The monoisotopic (exact) mass is 257 g/mol. The average Bonchev–Trinajstić information content (AvgIpc) is 2.36. The van der Waals surface area contributed by atoms with Gasteiger partial charge in [0.05, 0.1) is 19.2 Å². The van der Waals surface area contributed by atoms with Crippen LogP contribution in [0.4, 0.5) is 0 Å². The molecule has 0 aliphatic carbocycles. The van der Waals surface area contributed by atoms with E-state index in [4.69, 9.17) is 26.8 Å². The second-order valence-electron chi connectivity index (χ2n) is 4.12. The largest absolute Gasteiger partial charge is 0.493 e. The predicted octanol–water partition coefficient (Wildman–Crippen LogP) is 3.40. The van der Waals surface area contributed by atoms with Gasteiger partial charge in [0, 0.05) is 6.04 Å². The lowest BCUT2D eigenvalue weighted by molar-refractivity contribution is 0.353. The molecule has 0 fully saturated rings. The molecule has 17 heavy (non-hydrogen) atoms. The molecule has 0 saturated heterocycles. The smallest absolute Gasteiger partial charge is 0.179 e. The Morgan fingerprint density at radius 2 is 1.94 bits per heavy atom. The highest BCUT2D eigenvalue weighted by molar-refractivity contribution is 6.33. The van der Waals surface area contributed by atoms with E-state index in [0.717, 1.165) is 12.0 Å². The van der Waals surface area contributed by atoms with Crippen molar-refractivity contribution in [2.75, 3.05) is 14.2 Å². The number of nitrogens with two attached hydrogens (primary N) is 1. The van der Waals surface area contributed by atoms with E-state index < -0.39 is 0 Å². The second-order valence-corrected chi connectivity index (χ2v) is 4.49. The summed E-state index contributed by atoms with van der Waals surface area (Å²) < 4.78 is 10.4. The van der Waals surface area contributed by atoms with Crippen molar-refractivity contribution in [3.63, 3.8) is 0 Å². The van der Waals surface area contributed by atoms with Crippen molar-refractivity contribution >= 4 is 11.6 Å². The Morgan fingerprint density at radius 3 is 2.41 bits per heavy atom. The van der Waals surface area contributed by atoms with Crippen LogP contribution in [0.25, 0.3) is 0 Å². The molecule has 0 amide bonds. The van der Waals surface area contributed by atoms with Gasteiger partial charge in [0.1, 0.15) is 0 Å². The summed E-state index contributed by atoms with van der Waals surface area (Å²) in [5, 5.41) is 0.541. The molecule has 0 saturated carbocycles. The molecular formula is C13H20ClNO2. The van der Waals surface area contributed by atoms with Crippen molar-refractivity contribution in [2.45, 2.75) is 26.3 Å². The molecule has 0 bridgehead atoms. The van der Waals surface area contributed by atoms with Crippen LogP contribution in [0, 0.1) is 5.92 Å². The van der Waals surface area contributed by atoms with Gasteiger partial charge in [-0.15, -0.1) is 0 Å². The van der Waals surface area contributed by atoms with Crippen LogP contribution in [0.15, 0.2) is 12.1 Å². The summed E-state index contributed by atoms with van der Waals surface area (Å²) >= 11 is 6.30. The molecule has 1 aromatic rings. The second kappa shape index (κ2) is 6.12. The van der Waals surface area contributed by atoms with Crippen LogP contribution in [0.5, 0.6) is 11.5 Å². The molecular weight excluding hydrogens is 238 g/mol. The minimum absolute atomic E-state index is 0.0905. The van der Waals surface area contributed by atoms with Crippen molar-refractivity contribution in [3.05, 3.63) is 22.7 Å². The van der Waals surface area contributed by atoms with E-state index in [1.165, 1.54) is 0 Å². The highest BCUT2D eigenvalue weighted by Crippen LogP contribution is 2.40. The van der Waals surface area contributed by atoms with Gasteiger partial charge in [-0.05, 0) is 17.5 Å². The van der Waals surface area contributed by atoms with Gasteiger partial charge in [0.25, 0.3) is 0 Å². The summed E-state index contributed by atoms with van der Waals surface area (Å²) in [5.41, 5.74) is 7.09. The van der Waals surface area contributed by atoms with E-state index in [2.05, 4.69) is 13.8 Å². The molecule has 0 aliphatic heterocycles. The highest BCUT2D eigenvalue weighted by atomic mass is 35.5. The topological polar surface area (TPSA) is 44.5 Å². The number of hydrogen-bond acceptors (Lipinski definition) is 3. The van der Waals surface area contributed by atoms with Crippen LogP contribution >= 0.6 is 11.6 Å². The van der Waals surface area contributed by atoms with E-state index >= 15 is 0 Å². The Labute approximate surface area is 108 Å². The van der Waals surface area contributed by atoms with Crippen LogP contribution < -0.4 is 15.2 Å². The van der Waals surface area contributed by atoms with Crippen LogP contribution in [0.1, 0.15) is 31.9 Å². The molecule has 0 aliphatic rings. The number of rotatable bonds is 5. The Morgan fingerprint density at radius 1 is 1.29 bits per heavy atom. The van der Waals surface area contributed by atoms with Crippen molar-refractivity contribution in [1.82, 2.24) is 0 Å². The number of methoxy groups -OCH3 is 2. The van der Waals surface area contributed by atoms with Gasteiger partial charge in [0.15, 0.2) is 11.5 Å². The van der Waals surface area contributed by atoms with Crippen LogP contribution in [0.2, 0.25) is 5.02 Å². The van der Waals surface area contributed by atoms with Gasteiger partial charge in [0.2, 0.25) is 0 Å². The molecule has 0 spiro atoms. The molecule has 4 heteroatoms.